The van der Waals surface area contributed by atoms with Gasteiger partial charge in [-0.25, -0.2) is 0 Å². The van der Waals surface area contributed by atoms with Crippen molar-refractivity contribution in [3.63, 3.8) is 0 Å². The van der Waals surface area contributed by atoms with Crippen LogP contribution in [0.1, 0.15) is 39.5 Å². The van der Waals surface area contributed by atoms with E-state index in [1.54, 1.807) is 0 Å². The molecule has 0 heterocycles. The molecule has 3 aliphatic rings. The van der Waals surface area contributed by atoms with Gasteiger partial charge in [0, 0.05) is 0 Å². The third-order valence-corrected chi connectivity index (χ3v) is 12.0. The van der Waals surface area contributed by atoms with Gasteiger partial charge in [-0.05, 0) is 48.9 Å². The van der Waals surface area contributed by atoms with Crippen molar-refractivity contribution in [2.24, 2.45) is 23.2 Å². The maximum Gasteiger partial charge on any atom is 0.117 e. The first kappa shape index (κ1) is 17.0. The van der Waals surface area contributed by atoms with Crippen LogP contribution in [0.25, 0.3) is 0 Å². The zero-order chi connectivity index (χ0) is 16.9. The molecule has 0 aliphatic heterocycles. The maximum absolute atomic E-state index is 12.0. The molecule has 126 valence electrons. The number of hydrogen-bond acceptors (Lipinski definition) is 1. The second kappa shape index (κ2) is 5.60. The quantitative estimate of drug-likeness (QED) is 0.622. The van der Waals surface area contributed by atoms with Crippen LogP contribution in [0.15, 0.2) is 43.0 Å². The van der Waals surface area contributed by atoms with Gasteiger partial charge in [-0.1, -0.05) is 68.5 Å². The van der Waals surface area contributed by atoms with Crippen molar-refractivity contribution < 1.29 is 5.11 Å². The highest BCUT2D eigenvalue weighted by Gasteiger charge is 2.62. The molecule has 1 aromatic rings. The summed E-state index contributed by atoms with van der Waals surface area (Å²) in [5, 5.41) is 12.8. The van der Waals surface area contributed by atoms with Crippen LogP contribution in [0.4, 0.5) is 0 Å². The Bertz CT molecular complexity index is 575. The second-order valence-electron chi connectivity index (χ2n) is 8.95. The number of benzene rings is 1. The number of rotatable bonds is 5. The van der Waals surface area contributed by atoms with Gasteiger partial charge in [-0.3, -0.25) is 0 Å². The Morgan fingerprint density at radius 2 is 1.91 bits per heavy atom. The van der Waals surface area contributed by atoms with Gasteiger partial charge in [0.2, 0.25) is 0 Å². The Hall–Kier alpha value is -0.863. The average Bonchev–Trinajstić information content (AvgIpc) is 2.55. The monoisotopic (exact) mass is 328 g/mol. The van der Waals surface area contributed by atoms with E-state index in [1.165, 1.54) is 24.4 Å². The largest absolute Gasteiger partial charge is 0.392 e. The first-order chi connectivity index (χ1) is 10.7. The SMILES string of the molecule is C=CC[C@](O)([C@H]1CC[C@@H]2C[C@H]1C2(C)C)[Si](C)(C)c1ccccc1. The van der Waals surface area contributed by atoms with E-state index >= 15 is 0 Å². The van der Waals surface area contributed by atoms with Gasteiger partial charge in [-0.15, -0.1) is 6.58 Å². The molecule has 0 radical (unpaired) electrons. The third-order valence-electron chi connectivity index (χ3n) is 7.50. The highest BCUT2D eigenvalue weighted by molar-refractivity contribution is 6.92. The molecular weight excluding hydrogens is 296 g/mol. The zero-order valence-corrected chi connectivity index (χ0v) is 16.2. The van der Waals surface area contributed by atoms with Gasteiger partial charge in [0.1, 0.15) is 8.07 Å². The predicted molar refractivity (Wildman–Crippen MR) is 101 cm³/mol. The first-order valence-electron chi connectivity index (χ1n) is 9.14. The summed E-state index contributed by atoms with van der Waals surface area (Å²) in [6.07, 6.45) is 6.47. The fourth-order valence-corrected chi connectivity index (χ4v) is 9.03. The van der Waals surface area contributed by atoms with Crippen molar-refractivity contribution in [2.45, 2.75) is 57.8 Å². The lowest BCUT2D eigenvalue weighted by molar-refractivity contribution is -0.150. The standard InChI is InChI=1S/C21H32OSi/c1-6-14-21(22,23(4,5)17-10-8-7-9-11-17)18-13-12-16-15-19(18)20(16,2)3/h6-11,16,18-19,22H,1,12-15H2,2-5H3/t16-,18+,19-,21-/m1/s1. The van der Waals surface area contributed by atoms with Crippen LogP contribution in [0.3, 0.4) is 0 Å². The summed E-state index contributed by atoms with van der Waals surface area (Å²) in [4.78, 5) is 0. The van der Waals surface area contributed by atoms with E-state index in [9.17, 15) is 5.11 Å². The van der Waals surface area contributed by atoms with Crippen LogP contribution >= 0.6 is 0 Å². The van der Waals surface area contributed by atoms with Crippen molar-refractivity contribution in [1.82, 2.24) is 0 Å². The van der Waals surface area contributed by atoms with Crippen molar-refractivity contribution in [3.05, 3.63) is 43.0 Å². The van der Waals surface area contributed by atoms with E-state index in [0.29, 0.717) is 17.3 Å². The Morgan fingerprint density at radius 3 is 2.43 bits per heavy atom. The lowest BCUT2D eigenvalue weighted by Gasteiger charge is -2.65. The highest BCUT2D eigenvalue weighted by Crippen LogP contribution is 2.64. The lowest BCUT2D eigenvalue weighted by atomic mass is 9.44. The van der Waals surface area contributed by atoms with Crippen molar-refractivity contribution in [2.75, 3.05) is 0 Å². The van der Waals surface area contributed by atoms with E-state index in [1.807, 2.05) is 6.08 Å². The molecular formula is C21H32OSi. The van der Waals surface area contributed by atoms with E-state index in [2.05, 4.69) is 63.9 Å². The first-order valence-corrected chi connectivity index (χ1v) is 12.1. The van der Waals surface area contributed by atoms with Gasteiger partial charge in [-0.2, -0.15) is 0 Å². The smallest absolute Gasteiger partial charge is 0.117 e. The van der Waals surface area contributed by atoms with E-state index in [0.717, 1.165) is 12.3 Å². The lowest BCUT2D eigenvalue weighted by Crippen LogP contribution is -2.70. The van der Waals surface area contributed by atoms with Crippen LogP contribution in [0, 0.1) is 23.2 Å². The van der Waals surface area contributed by atoms with Crippen molar-refractivity contribution >= 4 is 13.3 Å². The molecule has 0 spiro atoms. The molecule has 0 amide bonds. The molecule has 1 N–H and O–H groups in total. The van der Waals surface area contributed by atoms with Crippen molar-refractivity contribution in [1.29, 1.82) is 0 Å². The summed E-state index contributed by atoms with van der Waals surface area (Å²) in [6, 6.07) is 10.7. The average molecular weight is 329 g/mol. The minimum atomic E-state index is -2.04. The summed E-state index contributed by atoms with van der Waals surface area (Å²) in [5.74, 6) is 1.96. The molecule has 4 atom stereocenters. The van der Waals surface area contributed by atoms with Gasteiger partial charge in [0.15, 0.2) is 0 Å². The molecule has 4 rings (SSSR count). The predicted octanol–water partition coefficient (Wildman–Crippen LogP) is 4.52. The minimum absolute atomic E-state index is 0.402. The highest BCUT2D eigenvalue weighted by atomic mass is 28.3. The fraction of sp³-hybridized carbons (Fsp3) is 0.619. The summed E-state index contributed by atoms with van der Waals surface area (Å²) in [7, 11) is -2.04. The van der Waals surface area contributed by atoms with Crippen LogP contribution in [0.2, 0.25) is 13.1 Å². The van der Waals surface area contributed by atoms with Crippen molar-refractivity contribution in [3.8, 4) is 0 Å². The van der Waals surface area contributed by atoms with Gasteiger partial charge in [0.25, 0.3) is 0 Å². The normalized spacial score (nSPS) is 31.8. The van der Waals surface area contributed by atoms with E-state index in [-0.39, 0.29) is 0 Å². The Morgan fingerprint density at radius 1 is 1.26 bits per heavy atom. The second-order valence-corrected chi connectivity index (χ2v) is 13.6. The Labute approximate surface area is 142 Å². The molecule has 0 saturated heterocycles. The summed E-state index contributed by atoms with van der Waals surface area (Å²) >= 11 is 0. The van der Waals surface area contributed by atoms with Crippen LogP contribution in [0.5, 0.6) is 0 Å². The molecule has 2 bridgehead atoms. The Balaban J connectivity index is 2.01. The molecule has 2 heteroatoms. The van der Waals surface area contributed by atoms with Gasteiger partial charge in [0.05, 0.1) is 5.22 Å². The molecule has 1 aromatic carbocycles. The summed E-state index contributed by atoms with van der Waals surface area (Å²) < 4.78 is 0. The van der Waals surface area contributed by atoms with Crippen LogP contribution in [-0.2, 0) is 0 Å². The summed E-state index contributed by atoms with van der Waals surface area (Å²) in [5.41, 5.74) is 0.402. The van der Waals surface area contributed by atoms with E-state index in [4.69, 9.17) is 0 Å². The number of fused-ring (bicyclic) bond motifs is 2. The van der Waals surface area contributed by atoms with E-state index < -0.39 is 13.3 Å². The zero-order valence-electron chi connectivity index (χ0n) is 15.2. The third kappa shape index (κ3) is 2.37. The minimum Gasteiger partial charge on any atom is -0.392 e. The maximum atomic E-state index is 12.0. The summed E-state index contributed by atoms with van der Waals surface area (Å²) in [6.45, 7) is 13.5. The fourth-order valence-electron chi connectivity index (χ4n) is 5.58. The Kier molecular flexibility index (Phi) is 4.13. The van der Waals surface area contributed by atoms with Crippen LogP contribution in [-0.4, -0.2) is 18.4 Å². The number of aliphatic hydroxyl groups is 1. The molecule has 1 nitrogen and oxygen atoms in total. The van der Waals surface area contributed by atoms with Crippen LogP contribution < -0.4 is 5.19 Å². The topological polar surface area (TPSA) is 20.2 Å². The molecule has 3 aliphatic carbocycles. The molecule has 23 heavy (non-hydrogen) atoms. The molecule has 3 saturated carbocycles. The van der Waals surface area contributed by atoms with Gasteiger partial charge < -0.3 is 5.11 Å². The molecule has 3 fully saturated rings. The number of hydrogen-bond donors (Lipinski definition) is 1. The molecule has 0 unspecified atom stereocenters. The van der Waals surface area contributed by atoms with Gasteiger partial charge >= 0.3 is 0 Å². The molecule has 0 aromatic heterocycles.